The lowest BCUT2D eigenvalue weighted by atomic mass is 10.1. The van der Waals surface area contributed by atoms with E-state index >= 15 is 0 Å². The fourth-order valence-corrected chi connectivity index (χ4v) is 7.81. The van der Waals surface area contributed by atoms with E-state index in [-0.39, 0.29) is 37.8 Å². The second-order valence-corrected chi connectivity index (χ2v) is 20.6. The van der Waals surface area contributed by atoms with E-state index in [4.69, 9.17) is 19.3 Å². The van der Waals surface area contributed by atoms with E-state index in [0.29, 0.717) is 12.2 Å². The number of carboxylic acids is 1. The minimum atomic E-state index is -1.35. The predicted octanol–water partition coefficient (Wildman–Crippen LogP) is 0.577. The molecule has 6 atom stereocenters. The van der Waals surface area contributed by atoms with Gasteiger partial charge in [-0.05, 0) is 73.9 Å². The third-order valence-electron chi connectivity index (χ3n) is 10.4. The predicted molar refractivity (Wildman–Crippen MR) is 284 cm³/mol. The number of alkyl carbamates (subject to hydrolysis) is 2. The standard InChI is InChI=1S/C25H43N5O9S.C22H41N5O7S/c1-10-12-38-24(37)30(8)17(11-2)22(35)29(7)18(15-40-9)21(34)28(6)14-16(20(33)26-13-19(31)32)27-23(36)39-25(3,4)5;1-10-14(23-5)19(30)27(7)16(13-35-9)20(31)26(6)12-15(18(29)24-11-17(28)33-8)25-21(32)34-22(2,3)4/h10,16-18H,1,11-15H2,2-9H3,(H,26,33)(H,27,36)(H,31,32);14-16,23H,10-13H2,1-9H3,(H,24,29)(H,25,32)/t16-,17+,18+;14-,15+,16-/m10/s1. The van der Waals surface area contributed by atoms with Gasteiger partial charge in [0.2, 0.25) is 35.4 Å². The molecule has 75 heavy (non-hydrogen) atoms. The number of likely N-dealkylation sites (N-methyl/N-ethyl adjacent to an activating group) is 6. The zero-order valence-corrected chi connectivity index (χ0v) is 48.4. The van der Waals surface area contributed by atoms with Gasteiger partial charge in [0.15, 0.2) is 0 Å². The molecule has 0 spiro atoms. The quantitative estimate of drug-likeness (QED) is 0.0355. The zero-order valence-electron chi connectivity index (χ0n) is 46.7. The van der Waals surface area contributed by atoms with Crippen molar-refractivity contribution >= 4 is 89.2 Å². The Labute approximate surface area is 450 Å². The number of methoxy groups -OCH3 is 1. The highest BCUT2D eigenvalue weighted by Gasteiger charge is 2.38. The monoisotopic (exact) mass is 1110 g/mol. The molecule has 0 rings (SSSR count). The number of carbonyl (C=O) groups is 11. The molecule has 0 aromatic carbocycles. The highest BCUT2D eigenvalue weighted by atomic mass is 32.2. The summed E-state index contributed by atoms with van der Waals surface area (Å²) in [7, 11) is 10.1. The molecule has 0 radical (unpaired) electrons. The number of hydrogen-bond acceptors (Lipinski definition) is 18. The van der Waals surface area contributed by atoms with Crippen molar-refractivity contribution in [3.63, 3.8) is 0 Å². The van der Waals surface area contributed by atoms with Gasteiger partial charge in [-0.25, -0.2) is 14.4 Å². The molecule has 0 unspecified atom stereocenters. The zero-order chi connectivity index (χ0) is 58.6. The molecule has 0 heterocycles. The fraction of sp³-hybridized carbons (Fsp3) is 0.723. The van der Waals surface area contributed by atoms with Crippen LogP contribution in [0.5, 0.6) is 0 Å². The van der Waals surface area contributed by atoms with Gasteiger partial charge in [0, 0.05) is 59.8 Å². The first-order chi connectivity index (χ1) is 34.7. The van der Waals surface area contributed by atoms with Gasteiger partial charge in [0.25, 0.3) is 0 Å². The van der Waals surface area contributed by atoms with Gasteiger partial charge in [0.1, 0.15) is 61.1 Å². The summed E-state index contributed by atoms with van der Waals surface area (Å²) >= 11 is 2.71. The van der Waals surface area contributed by atoms with E-state index in [0.717, 1.165) is 9.80 Å². The summed E-state index contributed by atoms with van der Waals surface area (Å²) in [5.41, 5.74) is -1.68. The Morgan fingerprint density at radius 3 is 1.36 bits per heavy atom. The summed E-state index contributed by atoms with van der Waals surface area (Å²) in [6.07, 6.45) is 3.26. The Balaban J connectivity index is 0. The molecule has 0 fully saturated rings. The maximum absolute atomic E-state index is 13.5. The molecule has 430 valence electrons. The van der Waals surface area contributed by atoms with Gasteiger partial charge in [-0.15, -0.1) is 0 Å². The van der Waals surface area contributed by atoms with Crippen molar-refractivity contribution in [3.05, 3.63) is 12.7 Å². The van der Waals surface area contributed by atoms with E-state index in [1.807, 2.05) is 13.2 Å². The molecule has 0 aromatic rings. The molecule has 0 aliphatic rings. The minimum absolute atomic E-state index is 0.0272. The number of thioether (sulfide) groups is 2. The van der Waals surface area contributed by atoms with Crippen LogP contribution < -0.4 is 26.6 Å². The Bertz CT molecular complexity index is 1930. The van der Waals surface area contributed by atoms with Gasteiger partial charge in [-0.2, -0.15) is 23.5 Å². The molecule has 0 aliphatic heterocycles. The number of amides is 9. The summed E-state index contributed by atoms with van der Waals surface area (Å²) in [6.45, 7) is 15.3. The summed E-state index contributed by atoms with van der Waals surface area (Å²) in [4.78, 5) is 144. The Morgan fingerprint density at radius 2 is 1.03 bits per heavy atom. The Morgan fingerprint density at radius 1 is 0.613 bits per heavy atom. The van der Waals surface area contributed by atoms with Crippen LogP contribution in [-0.4, -0.2) is 249 Å². The summed E-state index contributed by atoms with van der Waals surface area (Å²) in [5.74, 6) is -4.65. The van der Waals surface area contributed by atoms with E-state index in [1.165, 1.54) is 79.6 Å². The van der Waals surface area contributed by atoms with Crippen molar-refractivity contribution in [1.29, 1.82) is 0 Å². The lowest BCUT2D eigenvalue weighted by molar-refractivity contribution is -0.146. The largest absolute Gasteiger partial charge is 0.480 e. The number of aliphatic carboxylic acids is 1. The van der Waals surface area contributed by atoms with Gasteiger partial charge in [-0.1, -0.05) is 26.5 Å². The number of esters is 1. The summed E-state index contributed by atoms with van der Waals surface area (Å²) in [5, 5.41) is 21.2. The maximum atomic E-state index is 13.5. The molecule has 0 aliphatic carbocycles. The third-order valence-corrected chi connectivity index (χ3v) is 11.7. The van der Waals surface area contributed by atoms with Crippen LogP contribution in [0.1, 0.15) is 68.2 Å². The van der Waals surface area contributed by atoms with Crippen LogP contribution in [0.25, 0.3) is 0 Å². The number of hydrogen-bond donors (Lipinski definition) is 6. The number of ether oxygens (including phenoxy) is 4. The average molecular weight is 1110 g/mol. The van der Waals surface area contributed by atoms with Crippen LogP contribution in [0, 0.1) is 0 Å². The normalized spacial score (nSPS) is 13.3. The fourth-order valence-electron chi connectivity index (χ4n) is 6.44. The Kier molecular flexibility index (Phi) is 33.4. The number of nitrogens with zero attached hydrogens (tertiary/aromatic N) is 5. The number of carboxylic acid groups (broad SMARTS) is 1. The molecule has 0 bridgehead atoms. The van der Waals surface area contributed by atoms with Crippen LogP contribution in [0.15, 0.2) is 12.7 Å². The van der Waals surface area contributed by atoms with Gasteiger partial charge in [-0.3, -0.25) is 43.3 Å². The van der Waals surface area contributed by atoms with Crippen molar-refractivity contribution < 1.29 is 76.8 Å². The van der Waals surface area contributed by atoms with Gasteiger partial charge >= 0.3 is 30.2 Å². The van der Waals surface area contributed by atoms with Crippen LogP contribution >= 0.6 is 23.5 Å². The van der Waals surface area contributed by atoms with Gasteiger partial charge < -0.3 is 70.2 Å². The maximum Gasteiger partial charge on any atom is 0.410 e. The smallest absolute Gasteiger partial charge is 0.410 e. The van der Waals surface area contributed by atoms with Crippen molar-refractivity contribution in [3.8, 4) is 0 Å². The van der Waals surface area contributed by atoms with E-state index < -0.39 is 120 Å². The number of nitrogens with one attached hydrogen (secondary N) is 5. The second-order valence-electron chi connectivity index (χ2n) is 18.7. The number of rotatable bonds is 28. The molecule has 28 heteroatoms. The average Bonchev–Trinajstić information content (AvgIpc) is 3.32. The molecule has 0 saturated carbocycles. The molecular weight excluding hydrogens is 1020 g/mol. The second kappa shape index (κ2) is 35.3. The van der Waals surface area contributed by atoms with E-state index in [1.54, 1.807) is 68.8 Å². The minimum Gasteiger partial charge on any atom is -0.480 e. The summed E-state index contributed by atoms with van der Waals surface area (Å²) in [6, 6.07) is -5.69. The first-order valence-corrected chi connectivity index (χ1v) is 26.5. The lowest BCUT2D eigenvalue weighted by Gasteiger charge is -2.35. The molecule has 0 aromatic heterocycles. The first kappa shape index (κ1) is 71.0. The van der Waals surface area contributed by atoms with Crippen LogP contribution in [0.2, 0.25) is 0 Å². The van der Waals surface area contributed by atoms with Crippen LogP contribution in [0.3, 0.4) is 0 Å². The van der Waals surface area contributed by atoms with E-state index in [9.17, 15) is 52.7 Å². The molecule has 0 saturated heterocycles. The Hall–Kier alpha value is -6.03. The van der Waals surface area contributed by atoms with E-state index in [2.05, 4.69) is 37.9 Å². The van der Waals surface area contributed by atoms with Crippen LogP contribution in [-0.2, 0) is 57.3 Å². The highest BCUT2D eigenvalue weighted by molar-refractivity contribution is 7.98. The van der Waals surface area contributed by atoms with Crippen LogP contribution in [0.4, 0.5) is 14.4 Å². The number of carbonyl (C=O) groups excluding carboxylic acids is 10. The lowest BCUT2D eigenvalue weighted by Crippen LogP contribution is -2.58. The van der Waals surface area contributed by atoms with Crippen molar-refractivity contribution in [2.24, 2.45) is 0 Å². The first-order valence-electron chi connectivity index (χ1n) is 23.7. The van der Waals surface area contributed by atoms with Crippen molar-refractivity contribution in [2.45, 2.75) is 116 Å². The molecular formula is C47H84N10O16S2. The highest BCUT2D eigenvalue weighted by Crippen LogP contribution is 2.16. The van der Waals surface area contributed by atoms with Crippen molar-refractivity contribution in [2.75, 3.05) is 106 Å². The summed E-state index contributed by atoms with van der Waals surface area (Å²) < 4.78 is 20.0. The molecule has 9 amide bonds. The SMILES string of the molecule is C=CCOC(=O)N(C)[C@@H](CC)C(=O)N(C)[C@@H](CSC)C(=O)N(C)C[C@@H](NC(=O)OC(C)(C)C)C(=O)NCC(=O)O.CC[C@H](NC)C(=O)N(C)[C@@H](CSC)C(=O)N(C)C[C@@H](NC(=O)OC(C)(C)C)C(=O)NCC(=O)OC. The van der Waals surface area contributed by atoms with Gasteiger partial charge in [0.05, 0.1) is 13.2 Å². The molecule has 26 nitrogen and oxygen atoms in total. The topological polar surface area (TPSA) is 321 Å². The molecule has 6 N–H and O–H groups in total. The van der Waals surface area contributed by atoms with Crippen molar-refractivity contribution in [1.82, 2.24) is 51.1 Å². The third kappa shape index (κ3) is 27.4.